The zero-order chi connectivity index (χ0) is 27.1. The monoisotopic (exact) mass is 552 g/mol. The molecule has 0 aliphatic carbocycles. The van der Waals surface area contributed by atoms with E-state index in [4.69, 9.17) is 16.1 Å². The van der Waals surface area contributed by atoms with Gasteiger partial charge in [0.25, 0.3) is 0 Å². The van der Waals surface area contributed by atoms with Crippen LogP contribution in [0, 0.1) is 11.6 Å². The van der Waals surface area contributed by atoms with Crippen LogP contribution in [0.4, 0.5) is 41.1 Å². The first-order chi connectivity index (χ1) is 17.3. The van der Waals surface area contributed by atoms with Crippen molar-refractivity contribution >= 4 is 23.3 Å². The lowest BCUT2D eigenvalue weighted by atomic mass is 10.1. The molecule has 7 nitrogen and oxygen atoms in total. The third-order valence-corrected chi connectivity index (χ3v) is 5.12. The fourth-order valence-corrected chi connectivity index (χ4v) is 3.60. The molecule has 0 unspecified atom stereocenters. The maximum Gasteiger partial charge on any atom is 0.525 e. The Hall–Kier alpha value is -3.98. The molecule has 0 radical (unpaired) electrons. The van der Waals surface area contributed by atoms with Crippen LogP contribution in [0.1, 0.15) is 5.69 Å². The van der Waals surface area contributed by atoms with Crippen molar-refractivity contribution in [2.75, 3.05) is 7.11 Å². The molecular formula is C21H11ClF8N5O2+. The Labute approximate surface area is 206 Å². The zero-order valence-electron chi connectivity index (χ0n) is 18.1. The minimum Gasteiger partial charge on any atom is -0.432 e. The molecule has 4 aromatic rings. The second-order valence-corrected chi connectivity index (χ2v) is 7.55. The van der Waals surface area contributed by atoms with Gasteiger partial charge in [0.1, 0.15) is 36.5 Å². The Balaban J connectivity index is 2.06. The number of amidine groups is 1. The van der Waals surface area contributed by atoms with Crippen LogP contribution in [0.3, 0.4) is 0 Å². The summed E-state index contributed by atoms with van der Waals surface area (Å²) < 4.78 is 120. The fraction of sp³-hybridized carbons (Fsp3) is 0.0952. The highest BCUT2D eigenvalue weighted by atomic mass is 35.5. The van der Waals surface area contributed by atoms with Gasteiger partial charge in [-0.1, -0.05) is 28.9 Å². The van der Waals surface area contributed by atoms with Crippen molar-refractivity contribution in [3.63, 3.8) is 0 Å². The summed E-state index contributed by atoms with van der Waals surface area (Å²) in [5.74, 6) is -2.92. The molecule has 194 valence electrons. The van der Waals surface area contributed by atoms with Crippen LogP contribution in [0.25, 0.3) is 28.3 Å². The van der Waals surface area contributed by atoms with Gasteiger partial charge in [0.2, 0.25) is 0 Å². The normalized spacial score (nSPS) is 12.8. The first-order valence-electron chi connectivity index (χ1n) is 9.79. The van der Waals surface area contributed by atoms with Gasteiger partial charge in [0.15, 0.2) is 11.5 Å². The van der Waals surface area contributed by atoms with Crippen molar-refractivity contribution in [1.82, 2.24) is 14.9 Å². The van der Waals surface area contributed by atoms with E-state index in [0.29, 0.717) is 18.0 Å². The topological polar surface area (TPSA) is 65.4 Å². The maximum atomic E-state index is 14.6. The van der Waals surface area contributed by atoms with Gasteiger partial charge in [0, 0.05) is 0 Å². The molecule has 0 fully saturated rings. The Bertz CT molecular complexity index is 1470. The van der Waals surface area contributed by atoms with Crippen LogP contribution >= 0.6 is 11.6 Å². The van der Waals surface area contributed by atoms with Gasteiger partial charge in [-0.05, 0) is 30.3 Å². The average molecular weight is 553 g/mol. The summed E-state index contributed by atoms with van der Waals surface area (Å²) in [4.78, 5) is 3.26. The molecule has 0 aliphatic heterocycles. The van der Waals surface area contributed by atoms with E-state index in [0.717, 1.165) is 30.3 Å². The number of aromatic nitrogens is 3. The summed E-state index contributed by atoms with van der Waals surface area (Å²) >= 11 is 5.99. The van der Waals surface area contributed by atoms with E-state index in [1.165, 1.54) is 12.1 Å². The number of benzene rings is 2. The van der Waals surface area contributed by atoms with Crippen molar-refractivity contribution in [3.8, 4) is 28.3 Å². The molecule has 2 heterocycles. The molecule has 4 rings (SSSR count). The summed E-state index contributed by atoms with van der Waals surface area (Å²) in [6.07, 6.45) is -4.58. The SMILES string of the molecule is COC(=Nc1c(-c2c(F)cccc2Cl)noc1-c1cnn(-c2cccc(F)c2)c1C(F)(F)F)[N+](F)(F)F. The van der Waals surface area contributed by atoms with E-state index in [9.17, 15) is 35.4 Å². The van der Waals surface area contributed by atoms with Crippen molar-refractivity contribution in [1.29, 1.82) is 0 Å². The van der Waals surface area contributed by atoms with E-state index >= 15 is 0 Å². The van der Waals surface area contributed by atoms with Crippen LogP contribution < -0.4 is 0 Å². The van der Waals surface area contributed by atoms with Crippen LogP contribution in [-0.4, -0.2) is 33.2 Å². The number of hydrogen-bond donors (Lipinski definition) is 0. The van der Waals surface area contributed by atoms with E-state index in [2.05, 4.69) is 20.0 Å². The molecule has 0 aliphatic rings. The van der Waals surface area contributed by atoms with Gasteiger partial charge in [0.05, 0.1) is 35.1 Å². The molecule has 0 saturated heterocycles. The number of quaternary nitrogens is 1. The molecule has 0 amide bonds. The predicted octanol–water partition coefficient (Wildman–Crippen LogP) is 7.25. The highest BCUT2D eigenvalue weighted by Crippen LogP contribution is 2.47. The standard InChI is InChI=1S/C21H11ClF8N5O2/c1-36-20(35(28,29)30)32-17-16(15-13(22)6-3-7-14(15)24)33-37-18(17)12-9-31-34(19(12)21(25,26)27)11-5-2-4-10(23)8-11/h2-9H,1H3/q+1. The first kappa shape index (κ1) is 26.1. The van der Waals surface area contributed by atoms with Gasteiger partial charge < -0.3 is 9.26 Å². The third kappa shape index (κ3) is 4.99. The molecule has 37 heavy (non-hydrogen) atoms. The summed E-state index contributed by atoms with van der Waals surface area (Å²) in [6.45, 7) is 0. The Morgan fingerprint density at radius 2 is 1.81 bits per heavy atom. The van der Waals surface area contributed by atoms with Gasteiger partial charge >= 0.3 is 17.3 Å². The van der Waals surface area contributed by atoms with Crippen LogP contribution in [0.15, 0.2) is 58.2 Å². The highest BCUT2D eigenvalue weighted by molar-refractivity contribution is 6.33. The maximum absolute atomic E-state index is 14.6. The number of aliphatic imine (C=N–C) groups is 1. The quantitative estimate of drug-likeness (QED) is 0.116. The average Bonchev–Trinajstić information content (AvgIpc) is 3.41. The second-order valence-electron chi connectivity index (χ2n) is 7.15. The van der Waals surface area contributed by atoms with Crippen LogP contribution in [0.5, 0.6) is 0 Å². The Morgan fingerprint density at radius 3 is 2.41 bits per heavy atom. The number of rotatable bonds is 4. The molecule has 2 aromatic heterocycles. The molecule has 16 heteroatoms. The van der Waals surface area contributed by atoms with E-state index in [-0.39, 0.29) is 10.7 Å². The summed E-state index contributed by atoms with van der Waals surface area (Å²) in [5, 5.41) is 2.26. The lowest BCUT2D eigenvalue weighted by molar-refractivity contribution is -1.21. The molecule has 0 bridgehead atoms. The van der Waals surface area contributed by atoms with Gasteiger partial charge in [-0.25, -0.2) is 13.5 Å². The lowest BCUT2D eigenvalue weighted by Crippen LogP contribution is -2.29. The van der Waals surface area contributed by atoms with Gasteiger partial charge in [-0.3, -0.25) is 0 Å². The van der Waals surface area contributed by atoms with Crippen molar-refractivity contribution < 1.29 is 49.8 Å². The van der Waals surface area contributed by atoms with Gasteiger partial charge in [-0.2, -0.15) is 18.3 Å². The lowest BCUT2D eigenvalue weighted by Gasteiger charge is -2.12. The molecule has 0 spiro atoms. The highest BCUT2D eigenvalue weighted by Gasteiger charge is 2.46. The molecule has 0 N–H and O–H groups in total. The number of halogens is 9. The smallest absolute Gasteiger partial charge is 0.432 e. The Kier molecular flexibility index (Phi) is 6.68. The van der Waals surface area contributed by atoms with Crippen molar-refractivity contribution in [2.45, 2.75) is 6.18 Å². The van der Waals surface area contributed by atoms with Crippen molar-refractivity contribution in [3.05, 3.63) is 71.0 Å². The molecule has 0 atom stereocenters. The number of nitrogens with zero attached hydrogens (tertiary/aromatic N) is 5. The minimum atomic E-state index is -5.19. The number of hydrogen-bond acceptors (Lipinski definition) is 5. The molecule has 0 saturated carbocycles. The number of ether oxygens (including phenoxy) is 1. The minimum absolute atomic E-state index is 0.307. The summed E-state index contributed by atoms with van der Waals surface area (Å²) in [6, 6.07) is 5.26. The van der Waals surface area contributed by atoms with E-state index in [1.54, 1.807) is 0 Å². The fourth-order valence-electron chi connectivity index (χ4n) is 3.35. The second kappa shape index (κ2) is 9.48. The van der Waals surface area contributed by atoms with Crippen LogP contribution in [-0.2, 0) is 10.9 Å². The van der Waals surface area contributed by atoms with E-state index < -0.39 is 62.9 Å². The summed E-state index contributed by atoms with van der Waals surface area (Å²) in [5.41, 5.74) is -5.15. The number of alkyl halides is 3. The summed E-state index contributed by atoms with van der Waals surface area (Å²) in [7, 11) is 0.608. The van der Waals surface area contributed by atoms with Gasteiger partial charge in [-0.15, -0.1) is 4.99 Å². The third-order valence-electron chi connectivity index (χ3n) is 4.81. The molecular weight excluding hydrogens is 542 g/mol. The molecule has 2 aromatic carbocycles. The van der Waals surface area contributed by atoms with Crippen LogP contribution in [0.2, 0.25) is 5.02 Å². The number of methoxy groups -OCH3 is 1. The van der Waals surface area contributed by atoms with Crippen molar-refractivity contribution in [2.24, 2.45) is 4.99 Å². The largest absolute Gasteiger partial charge is 0.525 e. The zero-order valence-corrected chi connectivity index (χ0v) is 18.8. The van der Waals surface area contributed by atoms with E-state index in [1.807, 2.05) is 0 Å². The first-order valence-corrected chi connectivity index (χ1v) is 10.2. The Morgan fingerprint density at radius 1 is 1.11 bits per heavy atom. The predicted molar refractivity (Wildman–Crippen MR) is 112 cm³/mol.